The number of hydrogen-bond donors (Lipinski definition) is 0. The Bertz CT molecular complexity index is 513. The second kappa shape index (κ2) is 5.67. The Balaban J connectivity index is 1.75. The lowest BCUT2D eigenvalue weighted by atomic mass is 9.78. The highest BCUT2D eigenvalue weighted by Gasteiger charge is 2.57. The average molecular weight is 340 g/mol. The van der Waals surface area contributed by atoms with Crippen LogP contribution in [-0.2, 0) is 18.8 Å². The summed E-state index contributed by atoms with van der Waals surface area (Å²) < 4.78 is 11.9. The van der Waals surface area contributed by atoms with Crippen molar-refractivity contribution in [3.8, 4) is 0 Å². The van der Waals surface area contributed by atoms with Crippen LogP contribution in [0.5, 0.6) is 0 Å². The second-order valence-corrected chi connectivity index (χ2v) is 13.6. The van der Waals surface area contributed by atoms with Gasteiger partial charge >= 0.3 is 5.97 Å². The van der Waals surface area contributed by atoms with Gasteiger partial charge in [0, 0.05) is 12.0 Å². The topological polar surface area (TPSA) is 55.8 Å². The van der Waals surface area contributed by atoms with Crippen LogP contribution >= 0.6 is 0 Å². The molecule has 3 rings (SSSR count). The minimum absolute atomic E-state index is 0.0176. The van der Waals surface area contributed by atoms with E-state index in [1.54, 1.807) is 0 Å². The summed E-state index contributed by atoms with van der Waals surface area (Å²) in [6.45, 7) is 12.8. The Hall–Kier alpha value is -0.723. The SMILES string of the molecule is CC(C)(C)[Si](C)(C)OC[C@H]1OC(=O)[C@H]2C(=O)CN3CCC[C@@H]3[C@@H]21. The van der Waals surface area contributed by atoms with Gasteiger partial charge in [-0.25, -0.2) is 0 Å². The summed E-state index contributed by atoms with van der Waals surface area (Å²) in [6, 6.07) is 0.303. The first kappa shape index (κ1) is 17.1. The van der Waals surface area contributed by atoms with Gasteiger partial charge in [0.1, 0.15) is 12.0 Å². The molecule has 0 N–H and O–H groups in total. The Morgan fingerprint density at radius 1 is 1.30 bits per heavy atom. The molecule has 0 amide bonds. The van der Waals surface area contributed by atoms with Gasteiger partial charge in [-0.15, -0.1) is 0 Å². The number of rotatable bonds is 3. The lowest BCUT2D eigenvalue weighted by Crippen LogP contribution is -2.53. The van der Waals surface area contributed by atoms with Crippen molar-refractivity contribution in [3.05, 3.63) is 0 Å². The fraction of sp³-hybridized carbons (Fsp3) is 0.882. The molecule has 0 aromatic carbocycles. The maximum Gasteiger partial charge on any atom is 0.317 e. The molecule has 3 aliphatic heterocycles. The van der Waals surface area contributed by atoms with E-state index in [1.807, 2.05) is 0 Å². The van der Waals surface area contributed by atoms with E-state index < -0.39 is 14.2 Å². The smallest absolute Gasteiger partial charge is 0.317 e. The number of carbonyl (C=O) groups excluding carboxylic acids is 2. The average Bonchev–Trinajstić information content (AvgIpc) is 2.99. The van der Waals surface area contributed by atoms with Crippen molar-refractivity contribution >= 4 is 20.1 Å². The van der Waals surface area contributed by atoms with Crippen LogP contribution < -0.4 is 0 Å². The standard InChI is InChI=1S/C17H29NO4Si/c1-17(2,3)23(4,5)21-10-13-14-11-7-6-8-18(11)9-12(19)15(14)16(20)22-13/h11,13-15H,6-10H2,1-5H3/t11-,13-,14-,15+/m1/s1. The Labute approximate surface area is 139 Å². The zero-order valence-electron chi connectivity index (χ0n) is 14.9. The molecule has 0 aliphatic carbocycles. The second-order valence-electron chi connectivity index (χ2n) is 8.75. The molecule has 6 heteroatoms. The number of cyclic esters (lactones) is 1. The molecule has 0 bridgehead atoms. The number of fused-ring (bicyclic) bond motifs is 3. The minimum Gasteiger partial charge on any atom is -0.459 e. The van der Waals surface area contributed by atoms with Crippen LogP contribution in [0.25, 0.3) is 0 Å². The third kappa shape index (κ3) is 2.89. The summed E-state index contributed by atoms with van der Waals surface area (Å²) in [4.78, 5) is 26.8. The molecule has 0 aromatic heterocycles. The number of piperidine rings is 1. The van der Waals surface area contributed by atoms with Gasteiger partial charge in [0.2, 0.25) is 0 Å². The first-order valence-corrected chi connectivity index (χ1v) is 11.6. The van der Waals surface area contributed by atoms with Gasteiger partial charge in [-0.05, 0) is 37.5 Å². The van der Waals surface area contributed by atoms with Gasteiger partial charge in [0.25, 0.3) is 0 Å². The maximum absolute atomic E-state index is 12.4. The van der Waals surface area contributed by atoms with Gasteiger partial charge < -0.3 is 9.16 Å². The van der Waals surface area contributed by atoms with Gasteiger partial charge in [-0.2, -0.15) is 0 Å². The molecule has 0 unspecified atom stereocenters. The molecule has 5 nitrogen and oxygen atoms in total. The number of Topliss-reactive ketones (excluding diaryl/α,β-unsaturated/α-hetero) is 1. The number of esters is 1. The summed E-state index contributed by atoms with van der Waals surface area (Å²) in [5.74, 6) is -0.859. The van der Waals surface area contributed by atoms with Crippen molar-refractivity contribution in [1.29, 1.82) is 0 Å². The van der Waals surface area contributed by atoms with Crippen LogP contribution in [0.2, 0.25) is 18.1 Å². The third-order valence-electron chi connectivity index (χ3n) is 6.31. The third-order valence-corrected chi connectivity index (χ3v) is 10.8. The van der Waals surface area contributed by atoms with Gasteiger partial charge in [-0.3, -0.25) is 14.5 Å². The van der Waals surface area contributed by atoms with Crippen molar-refractivity contribution < 1.29 is 18.8 Å². The van der Waals surface area contributed by atoms with E-state index in [1.165, 1.54) is 0 Å². The van der Waals surface area contributed by atoms with Crippen molar-refractivity contribution in [2.24, 2.45) is 11.8 Å². The molecule has 3 saturated heterocycles. The van der Waals surface area contributed by atoms with Crippen LogP contribution in [0.1, 0.15) is 33.6 Å². The van der Waals surface area contributed by atoms with Crippen LogP contribution in [0.4, 0.5) is 0 Å². The summed E-state index contributed by atoms with van der Waals surface area (Å²) >= 11 is 0. The van der Waals surface area contributed by atoms with Gasteiger partial charge in [0.05, 0.1) is 13.2 Å². The van der Waals surface area contributed by atoms with E-state index in [0.29, 0.717) is 19.2 Å². The Morgan fingerprint density at radius 2 is 2.00 bits per heavy atom. The highest BCUT2D eigenvalue weighted by molar-refractivity contribution is 6.74. The Morgan fingerprint density at radius 3 is 2.65 bits per heavy atom. The first-order valence-electron chi connectivity index (χ1n) is 8.73. The lowest BCUT2D eigenvalue weighted by molar-refractivity contribution is -0.148. The maximum atomic E-state index is 12.4. The molecule has 23 heavy (non-hydrogen) atoms. The molecule has 4 atom stereocenters. The number of ketones is 1. The molecule has 3 heterocycles. The lowest BCUT2D eigenvalue weighted by Gasteiger charge is -2.40. The molecule has 3 aliphatic rings. The predicted molar refractivity (Wildman–Crippen MR) is 89.6 cm³/mol. The van der Waals surface area contributed by atoms with Gasteiger partial charge in [0.15, 0.2) is 14.1 Å². The number of nitrogens with zero attached hydrogens (tertiary/aromatic N) is 1. The number of hydrogen-bond acceptors (Lipinski definition) is 5. The molecule has 0 saturated carbocycles. The van der Waals surface area contributed by atoms with E-state index in [4.69, 9.17) is 9.16 Å². The Kier molecular flexibility index (Phi) is 4.22. The van der Waals surface area contributed by atoms with Crippen molar-refractivity contribution in [2.45, 2.75) is 63.9 Å². The monoisotopic (exact) mass is 339 g/mol. The highest BCUT2D eigenvalue weighted by Crippen LogP contribution is 2.43. The molecule has 0 radical (unpaired) electrons. The zero-order chi connectivity index (χ0) is 17.0. The number of carbonyl (C=O) groups is 2. The molecule has 0 spiro atoms. The molecule has 3 fully saturated rings. The summed E-state index contributed by atoms with van der Waals surface area (Å²) in [6.07, 6.45) is 1.89. The summed E-state index contributed by atoms with van der Waals surface area (Å²) in [7, 11) is -1.89. The normalized spacial score (nSPS) is 35.2. The largest absolute Gasteiger partial charge is 0.459 e. The minimum atomic E-state index is -1.89. The van der Waals surface area contributed by atoms with E-state index in [0.717, 1.165) is 19.4 Å². The molecule has 130 valence electrons. The van der Waals surface area contributed by atoms with E-state index in [9.17, 15) is 9.59 Å². The molecular weight excluding hydrogens is 310 g/mol. The quantitative estimate of drug-likeness (QED) is 0.448. The van der Waals surface area contributed by atoms with Crippen LogP contribution in [0.15, 0.2) is 0 Å². The van der Waals surface area contributed by atoms with Crippen LogP contribution in [0.3, 0.4) is 0 Å². The predicted octanol–water partition coefficient (Wildman–Crippen LogP) is 2.21. The fourth-order valence-corrected chi connectivity index (χ4v) is 4.94. The molecule has 0 aromatic rings. The first-order chi connectivity index (χ1) is 10.6. The summed E-state index contributed by atoms with van der Waals surface area (Å²) in [5, 5.41) is 0.122. The van der Waals surface area contributed by atoms with E-state index in [2.05, 4.69) is 38.8 Å². The van der Waals surface area contributed by atoms with E-state index in [-0.39, 0.29) is 28.8 Å². The van der Waals surface area contributed by atoms with E-state index >= 15 is 0 Å². The number of ether oxygens (including phenoxy) is 1. The molecular formula is C17H29NO4Si. The van der Waals surface area contributed by atoms with Crippen molar-refractivity contribution in [1.82, 2.24) is 4.90 Å². The highest BCUT2D eigenvalue weighted by atomic mass is 28.4. The summed E-state index contributed by atoms with van der Waals surface area (Å²) in [5.41, 5.74) is 0. The fourth-order valence-electron chi connectivity index (χ4n) is 3.92. The van der Waals surface area contributed by atoms with Crippen LogP contribution in [0, 0.1) is 11.8 Å². The zero-order valence-corrected chi connectivity index (χ0v) is 15.9. The van der Waals surface area contributed by atoms with Gasteiger partial charge in [-0.1, -0.05) is 20.8 Å². The van der Waals surface area contributed by atoms with Crippen molar-refractivity contribution in [3.63, 3.8) is 0 Å². The van der Waals surface area contributed by atoms with Crippen LogP contribution in [-0.4, -0.2) is 56.8 Å². The van der Waals surface area contributed by atoms with Crippen molar-refractivity contribution in [2.75, 3.05) is 19.7 Å².